The molecule has 0 spiro atoms. The van der Waals surface area contributed by atoms with Crippen molar-refractivity contribution in [1.82, 2.24) is 0 Å². The Morgan fingerprint density at radius 3 is 1.84 bits per heavy atom. The number of rotatable bonds is 5. The van der Waals surface area contributed by atoms with Gasteiger partial charge in [0.15, 0.2) is 5.78 Å². The van der Waals surface area contributed by atoms with E-state index >= 15 is 0 Å². The summed E-state index contributed by atoms with van der Waals surface area (Å²) in [7, 11) is -2.45. The minimum Gasteiger partial charge on any atom is -0.288 e. The van der Waals surface area contributed by atoms with E-state index in [2.05, 4.69) is 0 Å². The molecule has 3 rings (SSSR count). The molecule has 1 unspecified atom stereocenters. The predicted octanol–water partition coefficient (Wildman–Crippen LogP) is 6.37. The molecule has 0 saturated heterocycles. The Hall–Kier alpha value is -2.90. The third-order valence-electron chi connectivity index (χ3n) is 6.03. The van der Waals surface area contributed by atoms with Gasteiger partial charge in [0, 0.05) is 5.56 Å². The molecule has 0 aliphatic carbocycles. The van der Waals surface area contributed by atoms with Crippen molar-refractivity contribution in [3.63, 3.8) is 0 Å². The minimum atomic E-state index is -2.45. The van der Waals surface area contributed by atoms with Gasteiger partial charge < -0.3 is 0 Å². The Kier molecular flexibility index (Phi) is 6.38. The summed E-state index contributed by atoms with van der Waals surface area (Å²) in [5.74, 6) is -0.199. The number of carbonyl (C=O) groups excluding carboxylic acids is 2. The van der Waals surface area contributed by atoms with Gasteiger partial charge in [-0.25, -0.2) is 4.79 Å². The van der Waals surface area contributed by atoms with Crippen molar-refractivity contribution >= 4 is 24.4 Å². The van der Waals surface area contributed by atoms with Gasteiger partial charge in [-0.1, -0.05) is 40.5 Å². The van der Waals surface area contributed by atoms with Crippen molar-refractivity contribution in [2.45, 2.75) is 48.5 Å². The third-order valence-corrected chi connectivity index (χ3v) is 7.45. The van der Waals surface area contributed by atoms with Crippen molar-refractivity contribution in [2.24, 2.45) is 0 Å². The van der Waals surface area contributed by atoms with Gasteiger partial charge >= 0.3 is 13.3 Å². The molecule has 1 atom stereocenters. The van der Waals surface area contributed by atoms with Gasteiger partial charge in [-0.15, -0.1) is 0 Å². The van der Waals surface area contributed by atoms with Crippen molar-refractivity contribution < 1.29 is 14.2 Å². The summed E-state index contributed by atoms with van der Waals surface area (Å²) >= 11 is 0. The monoisotopic (exact) mass is 431 g/mol. The predicted molar refractivity (Wildman–Crippen MR) is 127 cm³/mol. The summed E-state index contributed by atoms with van der Waals surface area (Å²) in [5.41, 5.74) is 7.61. The molecule has 0 saturated carbocycles. The first-order valence-corrected chi connectivity index (χ1v) is 11.6. The van der Waals surface area contributed by atoms with Gasteiger partial charge in [0.25, 0.3) is 0 Å². The maximum atomic E-state index is 13.5. The number of hydrogen-bond acceptors (Lipinski definition) is 3. The number of ketones is 1. The molecule has 31 heavy (non-hydrogen) atoms. The van der Waals surface area contributed by atoms with E-state index in [1.54, 1.807) is 24.3 Å². The van der Waals surface area contributed by atoms with E-state index in [4.69, 9.17) is 0 Å². The molecule has 158 valence electrons. The highest BCUT2D eigenvalue weighted by molar-refractivity contribution is 7.71. The first kappa shape index (κ1) is 22.8. The smallest absolute Gasteiger partial charge is 0.288 e. The number of aryl methyl sites for hydroxylation is 5. The second-order valence-electron chi connectivity index (χ2n) is 8.35. The van der Waals surface area contributed by atoms with Crippen LogP contribution in [-0.2, 0) is 4.57 Å². The molecule has 3 nitrogen and oxygen atoms in total. The van der Waals surface area contributed by atoms with Gasteiger partial charge in [0.1, 0.15) is 0 Å². The minimum absolute atomic E-state index is 0.199. The van der Waals surface area contributed by atoms with Crippen LogP contribution < -0.4 is 5.30 Å². The Bertz CT molecular complexity index is 1230. The highest BCUT2D eigenvalue weighted by atomic mass is 31.1. The number of benzene rings is 3. The summed E-state index contributed by atoms with van der Waals surface area (Å²) in [6, 6.07) is 12.7. The zero-order valence-corrected chi connectivity index (χ0v) is 20.1. The zero-order valence-electron chi connectivity index (χ0n) is 19.2. The number of hydrogen-bond donors (Lipinski definition) is 0. The molecule has 0 aliphatic rings. The summed E-state index contributed by atoms with van der Waals surface area (Å²) in [5, 5.41) is 0.295. The van der Waals surface area contributed by atoms with Gasteiger partial charge in [-0.3, -0.25) is 4.79 Å². The summed E-state index contributed by atoms with van der Waals surface area (Å²) in [4.78, 5) is 26.8. The maximum Gasteiger partial charge on any atom is 0.459 e. The molecule has 3 aromatic carbocycles. The fourth-order valence-electron chi connectivity index (χ4n) is 4.34. The Morgan fingerprint density at radius 1 is 0.677 bits per heavy atom. The van der Waals surface area contributed by atoms with Crippen molar-refractivity contribution in [3.8, 4) is 0 Å². The average Bonchev–Trinajstić information content (AvgIpc) is 2.70. The maximum absolute atomic E-state index is 13.5. The molecule has 4 heteroatoms. The molecule has 0 aliphatic heterocycles. The second-order valence-corrected chi connectivity index (χ2v) is 9.83. The quantitative estimate of drug-likeness (QED) is 0.348. The van der Waals surface area contributed by atoms with Gasteiger partial charge in [-0.05, 0) is 94.0 Å². The highest BCUT2D eigenvalue weighted by Gasteiger charge is 2.39. The Morgan fingerprint density at radius 2 is 1.23 bits per heavy atom. The topological polar surface area (TPSA) is 51.2 Å². The van der Waals surface area contributed by atoms with Gasteiger partial charge in [0.2, 0.25) is 5.30 Å². The molecule has 0 bridgehead atoms. The van der Waals surface area contributed by atoms with E-state index in [0.29, 0.717) is 22.0 Å². The van der Waals surface area contributed by atoms with Crippen LogP contribution in [0.5, 0.6) is 0 Å². The zero-order chi connectivity index (χ0) is 23.0. The van der Waals surface area contributed by atoms with Crippen molar-refractivity contribution in [2.75, 3.05) is 0 Å². The van der Waals surface area contributed by atoms with E-state index in [1.165, 1.54) is 0 Å². The van der Waals surface area contributed by atoms with Gasteiger partial charge in [-0.2, -0.15) is 0 Å². The lowest BCUT2D eigenvalue weighted by molar-refractivity contribution is 0.103. The fourth-order valence-corrected chi connectivity index (χ4v) is 5.72. The van der Waals surface area contributed by atoms with Crippen LogP contribution in [-0.4, -0.2) is 11.3 Å². The van der Waals surface area contributed by atoms with Crippen LogP contribution in [0.25, 0.3) is 0 Å². The largest absolute Gasteiger partial charge is 0.459 e. The van der Waals surface area contributed by atoms with E-state index < -0.39 is 13.3 Å². The van der Waals surface area contributed by atoms with Crippen molar-refractivity contribution in [3.05, 3.63) is 98.1 Å². The Labute approximate surface area is 185 Å². The van der Waals surface area contributed by atoms with Crippen molar-refractivity contribution in [1.29, 1.82) is 0 Å². The van der Waals surface area contributed by atoms with E-state index in [1.807, 2.05) is 66.7 Å². The summed E-state index contributed by atoms with van der Waals surface area (Å²) < 4.78 is 13.5. The van der Waals surface area contributed by atoms with Crippen LogP contribution in [0.4, 0.5) is 0 Å². The molecule has 0 heterocycles. The van der Waals surface area contributed by atoms with Crippen LogP contribution in [0.3, 0.4) is 0 Å². The highest BCUT2D eigenvalue weighted by Crippen LogP contribution is 2.34. The molecule has 0 radical (unpaired) electrons. The lowest BCUT2D eigenvalue weighted by Gasteiger charge is -2.12. The normalized spacial score (nSPS) is 11.4. The molecule has 0 amide bonds. The van der Waals surface area contributed by atoms with E-state index in [9.17, 15) is 14.2 Å². The van der Waals surface area contributed by atoms with Crippen LogP contribution in [0.1, 0.15) is 65.2 Å². The third kappa shape index (κ3) is 4.16. The first-order valence-electron chi connectivity index (χ1n) is 10.3. The molecular formula is C27H28O3P+. The SMILES string of the molecule is Cc1cc(C)c(C(=O)c2ccccc2[P+](=O)C(=O)c2c(C)cc(C)c(C)c2C)c(C)c1. The van der Waals surface area contributed by atoms with Crippen LogP contribution in [0, 0.1) is 48.5 Å². The summed E-state index contributed by atoms with van der Waals surface area (Å²) in [6.07, 6.45) is 0. The molecule has 3 aromatic rings. The molecule has 0 N–H and O–H groups in total. The lowest BCUT2D eigenvalue weighted by Crippen LogP contribution is -2.18. The van der Waals surface area contributed by atoms with Gasteiger partial charge in [0.05, 0.1) is 11.1 Å². The fraction of sp³-hybridized carbons (Fsp3) is 0.259. The Balaban J connectivity index is 2.11. The lowest BCUT2D eigenvalue weighted by atomic mass is 9.93. The van der Waals surface area contributed by atoms with Crippen LogP contribution in [0.15, 0.2) is 42.5 Å². The molecule has 0 aromatic heterocycles. The summed E-state index contributed by atoms with van der Waals surface area (Å²) in [6.45, 7) is 13.5. The first-order chi connectivity index (χ1) is 14.5. The molecule has 0 fully saturated rings. The van der Waals surface area contributed by atoms with E-state index in [-0.39, 0.29) is 5.78 Å². The van der Waals surface area contributed by atoms with Crippen LogP contribution in [0.2, 0.25) is 0 Å². The van der Waals surface area contributed by atoms with Crippen LogP contribution >= 0.6 is 7.80 Å². The average molecular weight is 431 g/mol. The standard InChI is InChI=1S/C27H28O3P/c1-15-12-17(3)24(18(4)13-15)26(28)22-10-8-9-11-23(22)31(30)27(29)25-19(5)14-16(2)20(6)21(25)7/h8-14H,1-7H3/q+1. The molecular weight excluding hydrogens is 403 g/mol. The number of carbonyl (C=O) groups is 2. The second kappa shape index (κ2) is 8.69. The van der Waals surface area contributed by atoms with E-state index in [0.717, 1.165) is 38.9 Å².